The Balaban J connectivity index is 1.69. The zero-order valence-corrected chi connectivity index (χ0v) is 14.5. The summed E-state index contributed by atoms with van der Waals surface area (Å²) in [4.78, 5) is 20.4. The average molecular weight is 350 g/mol. The predicted molar refractivity (Wildman–Crippen MR) is 97.5 cm³/mol. The van der Waals surface area contributed by atoms with Crippen LogP contribution in [0.4, 0.5) is 17.5 Å². The first-order valence-corrected chi connectivity index (χ1v) is 8.26. The van der Waals surface area contributed by atoms with E-state index in [9.17, 15) is 4.79 Å². The first kappa shape index (κ1) is 16.1. The maximum Gasteiger partial charge on any atom is 0.227 e. The van der Waals surface area contributed by atoms with Crippen LogP contribution in [0, 0.1) is 0 Å². The van der Waals surface area contributed by atoms with Crippen LogP contribution in [-0.4, -0.2) is 32.8 Å². The summed E-state index contributed by atoms with van der Waals surface area (Å²) in [6, 6.07) is 9.42. The second-order valence-corrected chi connectivity index (χ2v) is 5.96. The third-order valence-electron chi connectivity index (χ3n) is 4.14. The zero-order chi connectivity index (χ0) is 18.1. The fraction of sp³-hybridized carbons (Fsp3) is 0.222. The summed E-state index contributed by atoms with van der Waals surface area (Å²) in [6.45, 7) is 2.19. The second-order valence-electron chi connectivity index (χ2n) is 5.96. The van der Waals surface area contributed by atoms with Crippen molar-refractivity contribution >= 4 is 23.4 Å². The van der Waals surface area contributed by atoms with Crippen molar-refractivity contribution in [1.29, 1.82) is 0 Å². The summed E-state index contributed by atoms with van der Waals surface area (Å²) >= 11 is 0. The molecular weight excluding hydrogens is 332 g/mol. The van der Waals surface area contributed by atoms with Crippen LogP contribution >= 0.6 is 0 Å². The highest BCUT2D eigenvalue weighted by molar-refractivity contribution is 5.88. The third kappa shape index (κ3) is 2.97. The number of nitrogens with one attached hydrogen (secondary N) is 2. The van der Waals surface area contributed by atoms with Gasteiger partial charge in [-0.25, -0.2) is 9.97 Å². The normalized spacial score (nSPS) is 12.1. The number of hydrogen-bond donors (Lipinski definition) is 2. The molecule has 8 heteroatoms. The van der Waals surface area contributed by atoms with E-state index in [0.717, 1.165) is 35.6 Å². The Morgan fingerprint density at radius 2 is 2.15 bits per heavy atom. The van der Waals surface area contributed by atoms with E-state index in [4.69, 9.17) is 4.74 Å². The molecule has 0 bridgehead atoms. The van der Waals surface area contributed by atoms with E-state index in [2.05, 4.69) is 25.7 Å². The van der Waals surface area contributed by atoms with Crippen molar-refractivity contribution in [3.8, 4) is 17.1 Å². The molecule has 0 atom stereocenters. The molecule has 1 amide bonds. The first-order valence-electron chi connectivity index (χ1n) is 8.26. The largest absolute Gasteiger partial charge is 0.495 e. The summed E-state index contributed by atoms with van der Waals surface area (Å²) in [5, 5.41) is 10.3. The van der Waals surface area contributed by atoms with Crippen LogP contribution in [0.25, 0.3) is 11.4 Å². The number of amides is 1. The maximum absolute atomic E-state index is 11.3. The Labute approximate surface area is 150 Å². The smallest absolute Gasteiger partial charge is 0.227 e. The van der Waals surface area contributed by atoms with Crippen LogP contribution in [0.2, 0.25) is 0 Å². The number of rotatable bonds is 4. The molecule has 0 aliphatic carbocycles. The number of aromatic nitrogens is 4. The number of carbonyl (C=O) groups excluding carboxylic acids is 1. The molecule has 0 spiro atoms. The van der Waals surface area contributed by atoms with Crippen LogP contribution in [-0.2, 0) is 17.8 Å². The highest BCUT2D eigenvalue weighted by Crippen LogP contribution is 2.31. The number of nitrogens with zero attached hydrogens (tertiary/aromatic N) is 4. The van der Waals surface area contributed by atoms with E-state index in [-0.39, 0.29) is 5.91 Å². The molecule has 0 saturated heterocycles. The van der Waals surface area contributed by atoms with Gasteiger partial charge in [0.05, 0.1) is 24.2 Å². The number of methoxy groups -OCH3 is 1. The van der Waals surface area contributed by atoms with Gasteiger partial charge in [0.1, 0.15) is 5.75 Å². The van der Waals surface area contributed by atoms with Crippen molar-refractivity contribution < 1.29 is 9.53 Å². The Morgan fingerprint density at radius 1 is 1.31 bits per heavy atom. The molecule has 0 radical (unpaired) electrons. The summed E-state index contributed by atoms with van der Waals surface area (Å²) in [5.41, 5.74) is 3.52. The van der Waals surface area contributed by atoms with E-state index in [1.807, 2.05) is 41.2 Å². The fourth-order valence-electron chi connectivity index (χ4n) is 2.99. The number of ether oxygens (including phenoxy) is 1. The van der Waals surface area contributed by atoms with Gasteiger partial charge in [-0.2, -0.15) is 5.10 Å². The van der Waals surface area contributed by atoms with Gasteiger partial charge in [0, 0.05) is 31.3 Å². The van der Waals surface area contributed by atoms with Crippen LogP contribution < -0.4 is 15.4 Å². The van der Waals surface area contributed by atoms with Gasteiger partial charge in [0.2, 0.25) is 11.9 Å². The molecule has 3 aromatic rings. The van der Waals surface area contributed by atoms with Crippen molar-refractivity contribution in [2.45, 2.75) is 19.9 Å². The standard InChI is InChI=1S/C18H18N6O2/c1-11(25)20-16-9-14-17-12(7-8-24(14)23-16)10-19-18(22-17)21-13-5-3-4-6-15(13)26-2/h3-6,9-10H,7-8H2,1-2H3,(H,19,21,22)(H,20,23,25). The number of anilines is 3. The summed E-state index contributed by atoms with van der Waals surface area (Å²) < 4.78 is 7.21. The van der Waals surface area contributed by atoms with Gasteiger partial charge in [-0.3, -0.25) is 9.48 Å². The fourth-order valence-corrected chi connectivity index (χ4v) is 2.99. The van der Waals surface area contributed by atoms with Gasteiger partial charge in [-0.15, -0.1) is 0 Å². The number of para-hydroxylation sites is 2. The third-order valence-corrected chi connectivity index (χ3v) is 4.14. The highest BCUT2D eigenvalue weighted by atomic mass is 16.5. The quantitative estimate of drug-likeness (QED) is 0.751. The van der Waals surface area contributed by atoms with E-state index in [1.165, 1.54) is 6.92 Å². The van der Waals surface area contributed by atoms with Crippen molar-refractivity contribution in [3.05, 3.63) is 42.1 Å². The highest BCUT2D eigenvalue weighted by Gasteiger charge is 2.21. The second kappa shape index (κ2) is 6.47. The number of aryl methyl sites for hydroxylation is 2. The molecule has 132 valence electrons. The lowest BCUT2D eigenvalue weighted by atomic mass is 10.1. The molecule has 0 fully saturated rings. The molecular formula is C18H18N6O2. The van der Waals surface area contributed by atoms with Crippen LogP contribution in [0.5, 0.6) is 5.75 Å². The predicted octanol–water partition coefficient (Wildman–Crippen LogP) is 2.61. The van der Waals surface area contributed by atoms with Gasteiger partial charge in [0.15, 0.2) is 5.82 Å². The minimum Gasteiger partial charge on any atom is -0.495 e. The number of benzene rings is 1. The van der Waals surface area contributed by atoms with Crippen molar-refractivity contribution in [2.75, 3.05) is 17.7 Å². The van der Waals surface area contributed by atoms with Crippen LogP contribution in [0.1, 0.15) is 12.5 Å². The summed E-state index contributed by atoms with van der Waals surface area (Å²) in [6.07, 6.45) is 2.62. The Hall–Kier alpha value is -3.42. The molecule has 1 aromatic carbocycles. The monoisotopic (exact) mass is 350 g/mol. The molecule has 1 aliphatic rings. The van der Waals surface area contributed by atoms with Gasteiger partial charge in [-0.05, 0) is 18.6 Å². The zero-order valence-electron chi connectivity index (χ0n) is 14.5. The molecule has 2 aromatic heterocycles. The molecule has 0 unspecified atom stereocenters. The Kier molecular flexibility index (Phi) is 4.00. The lowest BCUT2D eigenvalue weighted by Gasteiger charge is -2.17. The minimum atomic E-state index is -0.151. The van der Waals surface area contributed by atoms with Gasteiger partial charge in [-0.1, -0.05) is 12.1 Å². The molecule has 1 aliphatic heterocycles. The van der Waals surface area contributed by atoms with Crippen molar-refractivity contribution in [1.82, 2.24) is 19.7 Å². The Morgan fingerprint density at radius 3 is 2.96 bits per heavy atom. The average Bonchev–Trinajstić information content (AvgIpc) is 3.04. The van der Waals surface area contributed by atoms with Crippen LogP contribution in [0.3, 0.4) is 0 Å². The lowest BCUT2D eigenvalue weighted by molar-refractivity contribution is -0.114. The van der Waals surface area contributed by atoms with Gasteiger partial charge < -0.3 is 15.4 Å². The molecule has 3 heterocycles. The van der Waals surface area contributed by atoms with E-state index >= 15 is 0 Å². The van der Waals surface area contributed by atoms with E-state index < -0.39 is 0 Å². The summed E-state index contributed by atoms with van der Waals surface area (Å²) in [5.74, 6) is 1.57. The first-order chi connectivity index (χ1) is 12.6. The SMILES string of the molecule is COc1ccccc1Nc1ncc2c(n1)-c1cc(NC(C)=O)nn1CC2. The molecule has 8 nitrogen and oxygen atoms in total. The number of hydrogen-bond acceptors (Lipinski definition) is 6. The maximum atomic E-state index is 11.3. The van der Waals surface area contributed by atoms with E-state index in [0.29, 0.717) is 17.5 Å². The summed E-state index contributed by atoms with van der Waals surface area (Å²) in [7, 11) is 1.62. The van der Waals surface area contributed by atoms with Gasteiger partial charge in [0.25, 0.3) is 0 Å². The molecule has 4 rings (SSSR count). The van der Waals surface area contributed by atoms with Crippen LogP contribution in [0.15, 0.2) is 36.5 Å². The number of carbonyl (C=O) groups is 1. The molecule has 26 heavy (non-hydrogen) atoms. The topological polar surface area (TPSA) is 94.0 Å². The van der Waals surface area contributed by atoms with Crippen molar-refractivity contribution in [3.63, 3.8) is 0 Å². The number of fused-ring (bicyclic) bond motifs is 3. The Bertz CT molecular complexity index is 982. The van der Waals surface area contributed by atoms with E-state index in [1.54, 1.807) is 7.11 Å². The molecule has 2 N–H and O–H groups in total. The van der Waals surface area contributed by atoms with Gasteiger partial charge >= 0.3 is 0 Å². The lowest BCUT2D eigenvalue weighted by Crippen LogP contribution is -2.14. The minimum absolute atomic E-state index is 0.151. The van der Waals surface area contributed by atoms with Crippen molar-refractivity contribution in [2.24, 2.45) is 0 Å². The molecule has 0 saturated carbocycles.